The smallest absolute Gasteiger partial charge is 0.315 e. The van der Waals surface area contributed by atoms with Crippen molar-refractivity contribution in [1.82, 2.24) is 15.5 Å². The Hall–Kier alpha value is -1.66. The van der Waals surface area contributed by atoms with E-state index in [4.69, 9.17) is 4.74 Å². The Morgan fingerprint density at radius 2 is 2.08 bits per heavy atom. The van der Waals surface area contributed by atoms with Gasteiger partial charge < -0.3 is 20.3 Å². The van der Waals surface area contributed by atoms with Crippen molar-refractivity contribution >= 4 is 6.03 Å². The second-order valence-electron chi connectivity index (χ2n) is 7.81. The highest BCUT2D eigenvalue weighted by molar-refractivity contribution is 5.74. The molecule has 0 radical (unpaired) electrons. The third-order valence-corrected chi connectivity index (χ3v) is 5.53. The number of hydrogen-bond acceptors (Lipinski definition) is 3. The average Bonchev–Trinajstić information content (AvgIpc) is 3.02. The fraction of sp³-hybridized carbons (Fsp3) is 0.632. The Morgan fingerprint density at radius 1 is 1.36 bits per heavy atom. The zero-order chi connectivity index (χ0) is 18.0. The van der Waals surface area contributed by atoms with E-state index in [2.05, 4.69) is 29.4 Å². The van der Waals surface area contributed by atoms with Crippen molar-refractivity contribution in [3.63, 3.8) is 0 Å². The van der Waals surface area contributed by atoms with Crippen LogP contribution in [0, 0.1) is 17.2 Å². The number of hydrogen-bond donors (Lipinski definition) is 2. The molecule has 3 rings (SSSR count). The minimum absolute atomic E-state index is 0.00210. The number of carbonyl (C=O) groups is 1. The van der Waals surface area contributed by atoms with Crippen LogP contribution in [0.25, 0.3) is 0 Å². The third-order valence-electron chi connectivity index (χ3n) is 5.53. The molecule has 2 amide bonds. The maximum absolute atomic E-state index is 12.9. The summed E-state index contributed by atoms with van der Waals surface area (Å²) in [5, 5.41) is 6.05. The Balaban J connectivity index is 1.37. The second-order valence-corrected chi connectivity index (χ2v) is 7.81. The number of amides is 2. The van der Waals surface area contributed by atoms with Crippen molar-refractivity contribution in [3.05, 3.63) is 35.6 Å². The van der Waals surface area contributed by atoms with Gasteiger partial charge in [-0.1, -0.05) is 26.0 Å². The lowest BCUT2D eigenvalue weighted by Gasteiger charge is -2.54. The molecular weight excluding hydrogens is 321 g/mol. The second kappa shape index (κ2) is 7.30. The molecule has 2 aliphatic rings. The number of likely N-dealkylation sites (N-methyl/N-ethyl adjacent to an activating group) is 1. The number of urea groups is 1. The first-order valence-corrected chi connectivity index (χ1v) is 8.97. The van der Waals surface area contributed by atoms with Crippen LogP contribution in [-0.4, -0.2) is 49.8 Å². The molecule has 1 heterocycles. The van der Waals surface area contributed by atoms with E-state index in [0.717, 1.165) is 31.7 Å². The zero-order valence-corrected chi connectivity index (χ0v) is 15.2. The van der Waals surface area contributed by atoms with Gasteiger partial charge in [0, 0.05) is 43.6 Å². The summed E-state index contributed by atoms with van der Waals surface area (Å²) in [7, 11) is 1.98. The number of nitrogens with one attached hydrogen (secondary N) is 2. The lowest BCUT2D eigenvalue weighted by Crippen LogP contribution is -2.67. The molecule has 2 fully saturated rings. The van der Waals surface area contributed by atoms with E-state index < -0.39 is 0 Å². The predicted molar refractivity (Wildman–Crippen MR) is 94.7 cm³/mol. The van der Waals surface area contributed by atoms with Crippen molar-refractivity contribution in [2.24, 2.45) is 11.3 Å². The highest BCUT2D eigenvalue weighted by Crippen LogP contribution is 2.51. The quantitative estimate of drug-likeness (QED) is 0.829. The van der Waals surface area contributed by atoms with Gasteiger partial charge in [0.2, 0.25) is 0 Å². The Morgan fingerprint density at radius 3 is 2.80 bits per heavy atom. The lowest BCUT2D eigenvalue weighted by atomic mass is 9.57. The maximum atomic E-state index is 12.9. The average molecular weight is 349 g/mol. The van der Waals surface area contributed by atoms with E-state index >= 15 is 0 Å². The van der Waals surface area contributed by atoms with Crippen LogP contribution in [0.4, 0.5) is 9.18 Å². The van der Waals surface area contributed by atoms with Gasteiger partial charge in [-0.2, -0.15) is 0 Å². The molecule has 0 spiro atoms. The lowest BCUT2D eigenvalue weighted by molar-refractivity contribution is -0.108. The van der Waals surface area contributed by atoms with Crippen LogP contribution in [-0.2, 0) is 11.3 Å². The van der Waals surface area contributed by atoms with E-state index in [1.165, 1.54) is 12.1 Å². The highest BCUT2D eigenvalue weighted by Gasteiger charge is 2.59. The molecule has 1 aromatic carbocycles. The summed E-state index contributed by atoms with van der Waals surface area (Å²) < 4.78 is 18.7. The minimum atomic E-state index is -0.224. The molecule has 0 unspecified atom stereocenters. The molecule has 1 aliphatic carbocycles. The molecule has 3 atom stereocenters. The number of nitrogens with zero attached hydrogens (tertiary/aromatic N) is 1. The van der Waals surface area contributed by atoms with Crippen molar-refractivity contribution in [2.45, 2.75) is 39.0 Å². The largest absolute Gasteiger partial charge is 0.377 e. The highest BCUT2D eigenvalue weighted by atomic mass is 19.1. The van der Waals surface area contributed by atoms with E-state index in [0.29, 0.717) is 12.5 Å². The fourth-order valence-electron chi connectivity index (χ4n) is 4.15. The molecular formula is C19H28FN3O2. The number of benzene rings is 1. The zero-order valence-electron chi connectivity index (χ0n) is 15.2. The SMILES string of the molecule is CN(CCNC(=O)N[C@H]1[C@H]2CCO[C@@H]2C1(C)C)Cc1ccc(F)cc1. The van der Waals surface area contributed by atoms with Gasteiger partial charge >= 0.3 is 6.03 Å². The molecule has 1 saturated heterocycles. The Kier molecular flexibility index (Phi) is 5.29. The van der Waals surface area contributed by atoms with Gasteiger partial charge in [0.25, 0.3) is 0 Å². The van der Waals surface area contributed by atoms with Crippen molar-refractivity contribution < 1.29 is 13.9 Å². The van der Waals surface area contributed by atoms with E-state index in [1.54, 1.807) is 12.1 Å². The summed E-state index contributed by atoms with van der Waals surface area (Å²) in [5.41, 5.74) is 1.05. The normalized spacial score (nSPS) is 26.8. The van der Waals surface area contributed by atoms with E-state index in [1.807, 2.05) is 7.05 Å². The van der Waals surface area contributed by atoms with Crippen LogP contribution in [0.3, 0.4) is 0 Å². The summed E-state index contributed by atoms with van der Waals surface area (Å²) in [5.74, 6) is 0.223. The minimum Gasteiger partial charge on any atom is -0.377 e. The first kappa shape index (κ1) is 18.1. The van der Waals surface area contributed by atoms with E-state index in [-0.39, 0.29) is 29.4 Å². The molecule has 25 heavy (non-hydrogen) atoms. The van der Waals surface area contributed by atoms with Crippen molar-refractivity contribution in [2.75, 3.05) is 26.7 Å². The number of ether oxygens (including phenoxy) is 1. The van der Waals surface area contributed by atoms with Crippen LogP contribution in [0.2, 0.25) is 0 Å². The number of rotatable bonds is 6. The molecule has 2 N–H and O–H groups in total. The Bertz CT molecular complexity index is 605. The van der Waals surface area contributed by atoms with Gasteiger partial charge in [0.15, 0.2) is 0 Å². The van der Waals surface area contributed by atoms with Crippen LogP contribution in [0.1, 0.15) is 25.8 Å². The van der Waals surface area contributed by atoms with Gasteiger partial charge in [-0.05, 0) is 31.2 Å². The third kappa shape index (κ3) is 3.96. The maximum Gasteiger partial charge on any atom is 0.315 e. The summed E-state index contributed by atoms with van der Waals surface area (Å²) in [6.45, 7) is 7.13. The first-order chi connectivity index (χ1) is 11.9. The number of halogens is 1. The molecule has 1 saturated carbocycles. The van der Waals surface area contributed by atoms with Gasteiger partial charge in [-0.15, -0.1) is 0 Å². The van der Waals surface area contributed by atoms with Crippen LogP contribution >= 0.6 is 0 Å². The van der Waals surface area contributed by atoms with Crippen LogP contribution in [0.15, 0.2) is 24.3 Å². The van der Waals surface area contributed by atoms with Crippen LogP contribution in [0.5, 0.6) is 0 Å². The number of fused-ring (bicyclic) bond motifs is 1. The van der Waals surface area contributed by atoms with Crippen molar-refractivity contribution in [1.29, 1.82) is 0 Å². The monoisotopic (exact) mass is 349 g/mol. The predicted octanol–water partition coefficient (Wildman–Crippen LogP) is 2.37. The first-order valence-electron chi connectivity index (χ1n) is 8.97. The number of carbonyl (C=O) groups excluding carboxylic acids is 1. The van der Waals surface area contributed by atoms with Crippen LogP contribution < -0.4 is 10.6 Å². The topological polar surface area (TPSA) is 53.6 Å². The van der Waals surface area contributed by atoms with Gasteiger partial charge in [0.1, 0.15) is 5.82 Å². The molecule has 0 aromatic heterocycles. The summed E-state index contributed by atoms with van der Waals surface area (Å²) in [6, 6.07) is 6.57. The van der Waals surface area contributed by atoms with E-state index in [9.17, 15) is 9.18 Å². The standard InChI is InChI=1S/C19H28FN3O2/c1-19(2)16(15-8-11-25-17(15)19)22-18(24)21-9-10-23(3)12-13-4-6-14(20)7-5-13/h4-7,15-17H,8-12H2,1-3H3,(H2,21,22,24)/t15-,16+,17+/m1/s1. The molecule has 1 aliphatic heterocycles. The molecule has 138 valence electrons. The van der Waals surface area contributed by atoms with Gasteiger partial charge in [-0.25, -0.2) is 9.18 Å². The fourth-order valence-corrected chi connectivity index (χ4v) is 4.15. The van der Waals surface area contributed by atoms with Gasteiger partial charge in [-0.3, -0.25) is 0 Å². The summed E-state index contributed by atoms with van der Waals surface area (Å²) >= 11 is 0. The molecule has 6 heteroatoms. The molecule has 0 bridgehead atoms. The summed E-state index contributed by atoms with van der Waals surface area (Å²) in [6.07, 6.45) is 1.30. The van der Waals surface area contributed by atoms with Crippen molar-refractivity contribution in [3.8, 4) is 0 Å². The van der Waals surface area contributed by atoms with Gasteiger partial charge in [0.05, 0.1) is 6.10 Å². The Labute approximate surface area is 148 Å². The molecule has 1 aromatic rings. The summed E-state index contributed by atoms with van der Waals surface area (Å²) in [4.78, 5) is 14.3. The molecule has 5 nitrogen and oxygen atoms in total.